The molecule has 1 aliphatic rings. The summed E-state index contributed by atoms with van der Waals surface area (Å²) in [4.78, 5) is 2.22. The lowest BCUT2D eigenvalue weighted by molar-refractivity contribution is 0.132. The Morgan fingerprint density at radius 3 is 2.63 bits per heavy atom. The third kappa shape index (κ3) is 3.71. The fourth-order valence-corrected chi connectivity index (χ4v) is 2.91. The van der Waals surface area contributed by atoms with Gasteiger partial charge in [0, 0.05) is 12.2 Å². The van der Waals surface area contributed by atoms with Crippen LogP contribution in [-0.2, 0) is 0 Å². The maximum atomic E-state index is 10.4. The third-order valence-corrected chi connectivity index (χ3v) is 3.90. The number of anilines is 1. The van der Waals surface area contributed by atoms with E-state index in [0.29, 0.717) is 13.0 Å². The summed E-state index contributed by atoms with van der Waals surface area (Å²) in [6.07, 6.45) is 5.59. The van der Waals surface area contributed by atoms with Crippen molar-refractivity contribution in [3.8, 4) is 6.07 Å². The van der Waals surface area contributed by atoms with Crippen LogP contribution in [0.2, 0.25) is 0 Å². The molecule has 1 aliphatic carbocycles. The molecule has 2 unspecified atom stereocenters. The van der Waals surface area contributed by atoms with Gasteiger partial charge < -0.3 is 10.0 Å². The monoisotopic (exact) mass is 258 g/mol. The minimum absolute atomic E-state index is 0.151. The molecule has 0 radical (unpaired) electrons. The van der Waals surface area contributed by atoms with Crippen molar-refractivity contribution in [3.63, 3.8) is 0 Å². The van der Waals surface area contributed by atoms with Gasteiger partial charge in [-0.1, -0.05) is 37.5 Å². The first-order valence-electron chi connectivity index (χ1n) is 7.19. The van der Waals surface area contributed by atoms with Gasteiger partial charge in [-0.15, -0.1) is 0 Å². The second kappa shape index (κ2) is 7.16. The molecule has 0 aromatic heterocycles. The summed E-state index contributed by atoms with van der Waals surface area (Å²) in [5.74, 6) is 0. The highest BCUT2D eigenvalue weighted by Gasteiger charge is 2.27. The Hall–Kier alpha value is -1.53. The highest BCUT2D eigenvalue weighted by Crippen LogP contribution is 2.27. The molecule has 1 N–H and O–H groups in total. The van der Waals surface area contributed by atoms with E-state index >= 15 is 0 Å². The summed E-state index contributed by atoms with van der Waals surface area (Å²) < 4.78 is 0. The largest absolute Gasteiger partial charge is 0.391 e. The molecular weight excluding hydrogens is 236 g/mol. The van der Waals surface area contributed by atoms with Crippen LogP contribution in [0.5, 0.6) is 0 Å². The summed E-state index contributed by atoms with van der Waals surface area (Å²) in [6, 6.07) is 12.5. The van der Waals surface area contributed by atoms with E-state index in [9.17, 15) is 5.11 Å². The number of aliphatic hydroxyl groups is 1. The standard InChI is InChI=1S/C16H22N2O/c17-12-7-13-18(14-8-3-1-4-9-14)15-10-5-2-6-11-16(15)19/h1,3-4,8-9,15-16,19H,2,5-7,10-11,13H2. The number of nitrogens with zero attached hydrogens (tertiary/aromatic N) is 2. The average Bonchev–Trinajstić information content (AvgIpc) is 2.66. The smallest absolute Gasteiger partial charge is 0.0743 e. The van der Waals surface area contributed by atoms with Crippen LogP contribution >= 0.6 is 0 Å². The first kappa shape index (κ1) is 13.9. The van der Waals surface area contributed by atoms with E-state index in [1.807, 2.05) is 18.2 Å². The van der Waals surface area contributed by atoms with E-state index in [1.54, 1.807) is 0 Å². The molecule has 3 nitrogen and oxygen atoms in total. The molecule has 0 bridgehead atoms. The molecule has 1 aromatic rings. The van der Waals surface area contributed by atoms with Crippen LogP contribution in [0.15, 0.2) is 30.3 Å². The van der Waals surface area contributed by atoms with Crippen LogP contribution in [0.4, 0.5) is 5.69 Å². The maximum Gasteiger partial charge on any atom is 0.0743 e. The average molecular weight is 258 g/mol. The molecule has 2 atom stereocenters. The Kier molecular flexibility index (Phi) is 5.23. The molecule has 0 aliphatic heterocycles. The summed E-state index contributed by atoms with van der Waals surface area (Å²) >= 11 is 0. The number of rotatable bonds is 4. The topological polar surface area (TPSA) is 47.3 Å². The predicted molar refractivity (Wildman–Crippen MR) is 76.9 cm³/mol. The molecule has 0 spiro atoms. The molecule has 102 valence electrons. The molecule has 19 heavy (non-hydrogen) atoms. The zero-order valence-corrected chi connectivity index (χ0v) is 11.3. The van der Waals surface area contributed by atoms with E-state index in [2.05, 4.69) is 23.1 Å². The normalized spacial score (nSPS) is 23.4. The summed E-state index contributed by atoms with van der Waals surface area (Å²) in [5, 5.41) is 19.2. The number of hydrogen-bond acceptors (Lipinski definition) is 3. The van der Waals surface area contributed by atoms with Crippen molar-refractivity contribution in [2.24, 2.45) is 0 Å². The maximum absolute atomic E-state index is 10.4. The van der Waals surface area contributed by atoms with Gasteiger partial charge in [-0.25, -0.2) is 0 Å². The Balaban J connectivity index is 2.18. The molecule has 0 amide bonds. The first-order chi connectivity index (χ1) is 9.33. The Labute approximate surface area is 115 Å². The van der Waals surface area contributed by atoms with E-state index in [-0.39, 0.29) is 12.1 Å². The van der Waals surface area contributed by atoms with Crippen molar-refractivity contribution in [2.45, 2.75) is 50.7 Å². The highest BCUT2D eigenvalue weighted by atomic mass is 16.3. The van der Waals surface area contributed by atoms with Gasteiger partial charge in [0.2, 0.25) is 0 Å². The molecule has 1 saturated carbocycles. The van der Waals surface area contributed by atoms with Gasteiger partial charge in [0.05, 0.1) is 24.6 Å². The van der Waals surface area contributed by atoms with E-state index in [0.717, 1.165) is 31.4 Å². The van der Waals surface area contributed by atoms with Crippen LogP contribution in [0.1, 0.15) is 38.5 Å². The van der Waals surface area contributed by atoms with E-state index in [4.69, 9.17) is 5.26 Å². The molecule has 2 rings (SSSR count). The number of benzene rings is 1. The number of nitriles is 1. The van der Waals surface area contributed by atoms with Crippen LogP contribution in [-0.4, -0.2) is 23.8 Å². The Morgan fingerprint density at radius 1 is 1.16 bits per heavy atom. The van der Waals surface area contributed by atoms with Crippen molar-refractivity contribution in [2.75, 3.05) is 11.4 Å². The van der Waals surface area contributed by atoms with E-state index < -0.39 is 0 Å². The number of aliphatic hydroxyl groups excluding tert-OH is 1. The number of para-hydroxylation sites is 1. The quantitative estimate of drug-likeness (QED) is 0.844. The van der Waals surface area contributed by atoms with Crippen LogP contribution < -0.4 is 4.90 Å². The molecule has 1 aromatic carbocycles. The molecule has 0 saturated heterocycles. The Bertz CT molecular complexity index is 413. The van der Waals surface area contributed by atoms with Crippen molar-refractivity contribution in [1.29, 1.82) is 5.26 Å². The van der Waals surface area contributed by atoms with Crippen LogP contribution in [0.3, 0.4) is 0 Å². The minimum Gasteiger partial charge on any atom is -0.391 e. The van der Waals surface area contributed by atoms with Gasteiger partial charge in [-0.05, 0) is 25.0 Å². The van der Waals surface area contributed by atoms with Gasteiger partial charge in [0.15, 0.2) is 0 Å². The predicted octanol–water partition coefficient (Wildman–Crippen LogP) is 3.10. The first-order valence-corrected chi connectivity index (χ1v) is 7.19. The fraction of sp³-hybridized carbons (Fsp3) is 0.562. The second-order valence-electron chi connectivity index (χ2n) is 5.21. The van der Waals surface area contributed by atoms with Gasteiger partial charge >= 0.3 is 0 Å². The lowest BCUT2D eigenvalue weighted by Gasteiger charge is -2.35. The zero-order chi connectivity index (χ0) is 13.5. The second-order valence-corrected chi connectivity index (χ2v) is 5.21. The summed E-state index contributed by atoms with van der Waals surface area (Å²) in [6.45, 7) is 0.697. The molecule has 1 fully saturated rings. The minimum atomic E-state index is -0.276. The van der Waals surface area contributed by atoms with Crippen molar-refractivity contribution < 1.29 is 5.11 Å². The van der Waals surface area contributed by atoms with Crippen LogP contribution in [0, 0.1) is 11.3 Å². The van der Waals surface area contributed by atoms with Crippen molar-refractivity contribution >= 4 is 5.69 Å². The van der Waals surface area contributed by atoms with E-state index in [1.165, 1.54) is 6.42 Å². The van der Waals surface area contributed by atoms with Crippen molar-refractivity contribution in [3.05, 3.63) is 30.3 Å². The molecule has 0 heterocycles. The SMILES string of the molecule is N#CCCN(c1ccccc1)C1CCCCCC1O. The third-order valence-electron chi connectivity index (χ3n) is 3.90. The van der Waals surface area contributed by atoms with Gasteiger partial charge in [-0.2, -0.15) is 5.26 Å². The zero-order valence-electron chi connectivity index (χ0n) is 11.3. The molecule has 3 heteroatoms. The fourth-order valence-electron chi connectivity index (χ4n) is 2.91. The van der Waals surface area contributed by atoms with Crippen molar-refractivity contribution in [1.82, 2.24) is 0 Å². The lowest BCUT2D eigenvalue weighted by atomic mass is 10.0. The number of hydrogen-bond donors (Lipinski definition) is 1. The lowest BCUT2D eigenvalue weighted by Crippen LogP contribution is -2.43. The summed E-state index contributed by atoms with van der Waals surface area (Å²) in [7, 11) is 0. The van der Waals surface area contributed by atoms with Gasteiger partial charge in [-0.3, -0.25) is 0 Å². The highest BCUT2D eigenvalue weighted by molar-refractivity contribution is 5.47. The van der Waals surface area contributed by atoms with Gasteiger partial charge in [0.25, 0.3) is 0 Å². The van der Waals surface area contributed by atoms with Crippen LogP contribution in [0.25, 0.3) is 0 Å². The summed E-state index contributed by atoms with van der Waals surface area (Å²) in [5.41, 5.74) is 1.11. The Morgan fingerprint density at radius 2 is 1.89 bits per heavy atom. The van der Waals surface area contributed by atoms with Gasteiger partial charge in [0.1, 0.15) is 0 Å². The molecular formula is C16H22N2O.